The molecule has 0 unspecified atom stereocenters. The molecular weight excluding hydrogens is 285 g/mol. The maximum Gasteiger partial charge on any atom is 0.401 e. The largest absolute Gasteiger partial charge is 0.401 e. The van der Waals surface area contributed by atoms with Gasteiger partial charge in [-0.3, -0.25) is 4.90 Å². The van der Waals surface area contributed by atoms with Crippen LogP contribution in [-0.2, 0) is 6.54 Å². The van der Waals surface area contributed by atoms with E-state index in [9.17, 15) is 13.2 Å². The molecule has 0 heterocycles. The van der Waals surface area contributed by atoms with Crippen molar-refractivity contribution in [1.82, 2.24) is 4.90 Å². The molecular formula is C14H19F3N2S. The lowest BCUT2D eigenvalue weighted by molar-refractivity contribution is -0.150. The van der Waals surface area contributed by atoms with Crippen molar-refractivity contribution >= 4 is 17.2 Å². The lowest BCUT2D eigenvalue weighted by Gasteiger charge is -2.28. The molecule has 20 heavy (non-hydrogen) atoms. The van der Waals surface area contributed by atoms with Crippen molar-refractivity contribution in [3.63, 3.8) is 0 Å². The molecule has 0 amide bonds. The molecule has 0 saturated carbocycles. The van der Waals surface area contributed by atoms with Gasteiger partial charge in [0.2, 0.25) is 0 Å². The maximum absolute atomic E-state index is 12.6. The topological polar surface area (TPSA) is 29.3 Å². The molecule has 6 heteroatoms. The van der Waals surface area contributed by atoms with Gasteiger partial charge >= 0.3 is 6.18 Å². The smallest absolute Gasteiger partial charge is 0.389 e. The summed E-state index contributed by atoms with van der Waals surface area (Å²) >= 11 is 4.88. The lowest BCUT2D eigenvalue weighted by atomic mass is 10.0. The van der Waals surface area contributed by atoms with E-state index in [1.165, 1.54) is 4.90 Å². The number of nitrogens with zero attached hydrogens (tertiary/aromatic N) is 1. The number of rotatable bonds is 5. The van der Waals surface area contributed by atoms with Crippen LogP contribution in [-0.4, -0.2) is 28.7 Å². The summed E-state index contributed by atoms with van der Waals surface area (Å²) in [4.78, 5) is 1.68. The van der Waals surface area contributed by atoms with Gasteiger partial charge in [0.25, 0.3) is 0 Å². The van der Waals surface area contributed by atoms with Crippen LogP contribution in [0.1, 0.15) is 30.5 Å². The minimum Gasteiger partial charge on any atom is -0.389 e. The van der Waals surface area contributed by atoms with E-state index in [1.54, 1.807) is 26.0 Å². The molecule has 112 valence electrons. The van der Waals surface area contributed by atoms with Crippen LogP contribution < -0.4 is 5.73 Å². The van der Waals surface area contributed by atoms with Gasteiger partial charge in [0.05, 0.1) is 6.54 Å². The molecule has 2 nitrogen and oxygen atoms in total. The summed E-state index contributed by atoms with van der Waals surface area (Å²) in [5.74, 6) is 0. The fourth-order valence-electron chi connectivity index (χ4n) is 1.90. The molecule has 0 radical (unpaired) electrons. The predicted octanol–water partition coefficient (Wildman–Crippen LogP) is 3.40. The Balaban J connectivity index is 2.92. The molecule has 0 fully saturated rings. The minimum absolute atomic E-state index is 0.189. The number of nitrogens with two attached hydrogens (primary N) is 1. The summed E-state index contributed by atoms with van der Waals surface area (Å²) in [5, 5.41) is 0. The summed E-state index contributed by atoms with van der Waals surface area (Å²) in [6.45, 7) is 4.69. The number of benzene rings is 1. The molecule has 0 spiro atoms. The molecule has 0 aliphatic carbocycles. The molecule has 0 saturated heterocycles. The van der Waals surface area contributed by atoms with Crippen LogP contribution in [0.2, 0.25) is 0 Å². The second-order valence-electron chi connectivity index (χ2n) is 5.12. The Morgan fingerprint density at radius 3 is 2.35 bits per heavy atom. The third-order valence-electron chi connectivity index (χ3n) is 3.11. The number of hydrogen-bond acceptors (Lipinski definition) is 2. The van der Waals surface area contributed by atoms with Gasteiger partial charge in [-0.25, -0.2) is 0 Å². The number of halogens is 3. The maximum atomic E-state index is 12.6. The van der Waals surface area contributed by atoms with Gasteiger partial charge in [0, 0.05) is 18.2 Å². The number of alkyl halides is 3. The van der Waals surface area contributed by atoms with Gasteiger partial charge in [-0.1, -0.05) is 24.4 Å². The van der Waals surface area contributed by atoms with Crippen molar-refractivity contribution in [3.8, 4) is 0 Å². The van der Waals surface area contributed by atoms with E-state index in [0.29, 0.717) is 0 Å². The first-order valence-electron chi connectivity index (χ1n) is 6.30. The Morgan fingerprint density at radius 1 is 1.35 bits per heavy atom. The summed E-state index contributed by atoms with van der Waals surface area (Å²) in [5.41, 5.74) is 8.01. The van der Waals surface area contributed by atoms with Gasteiger partial charge < -0.3 is 5.73 Å². The SMILES string of the molecule is Cc1cc(C(N)=S)ccc1CN(CC(F)(F)F)C(C)C. The minimum atomic E-state index is -4.20. The average Bonchev–Trinajstić information content (AvgIpc) is 2.28. The zero-order valence-electron chi connectivity index (χ0n) is 11.8. The fourth-order valence-corrected chi connectivity index (χ4v) is 2.02. The van der Waals surface area contributed by atoms with Crippen molar-refractivity contribution < 1.29 is 13.2 Å². The van der Waals surface area contributed by atoms with Gasteiger partial charge in [-0.15, -0.1) is 0 Å². The van der Waals surface area contributed by atoms with Crippen molar-refractivity contribution in [1.29, 1.82) is 0 Å². The highest BCUT2D eigenvalue weighted by Gasteiger charge is 2.31. The molecule has 1 aromatic rings. The summed E-state index contributed by atoms with van der Waals surface area (Å²) < 4.78 is 37.7. The zero-order valence-corrected chi connectivity index (χ0v) is 12.6. The monoisotopic (exact) mass is 304 g/mol. The third kappa shape index (κ3) is 5.09. The number of thiocarbonyl (C=S) groups is 1. The van der Waals surface area contributed by atoms with Crippen molar-refractivity contribution in [2.75, 3.05) is 6.54 Å². The van der Waals surface area contributed by atoms with Gasteiger partial charge in [-0.05, 0) is 38.0 Å². The van der Waals surface area contributed by atoms with E-state index in [0.717, 1.165) is 16.7 Å². The number of aryl methyl sites for hydroxylation is 1. The zero-order chi connectivity index (χ0) is 15.5. The second kappa shape index (κ2) is 6.54. The molecule has 0 aromatic heterocycles. The van der Waals surface area contributed by atoms with Crippen LogP contribution in [0.4, 0.5) is 13.2 Å². The standard InChI is InChI=1S/C14H19F3N2S/c1-9(2)19(8-14(15,16)17)7-12-5-4-11(13(18)20)6-10(12)3/h4-6,9H,7-8H2,1-3H3,(H2,18,20). The first-order valence-corrected chi connectivity index (χ1v) is 6.71. The quantitative estimate of drug-likeness (QED) is 0.845. The Hall–Kier alpha value is -1.14. The average molecular weight is 304 g/mol. The van der Waals surface area contributed by atoms with Crippen molar-refractivity contribution in [3.05, 3.63) is 34.9 Å². The van der Waals surface area contributed by atoms with Crippen molar-refractivity contribution in [2.24, 2.45) is 5.73 Å². The van der Waals surface area contributed by atoms with Gasteiger partial charge in [0.1, 0.15) is 4.99 Å². The molecule has 2 N–H and O–H groups in total. The van der Waals surface area contributed by atoms with Crippen LogP contribution in [0.5, 0.6) is 0 Å². The lowest BCUT2D eigenvalue weighted by Crippen LogP contribution is -2.38. The van der Waals surface area contributed by atoms with Crippen molar-refractivity contribution in [2.45, 2.75) is 39.5 Å². The van der Waals surface area contributed by atoms with E-state index in [2.05, 4.69) is 0 Å². The summed E-state index contributed by atoms with van der Waals surface area (Å²) in [6, 6.07) is 5.15. The molecule has 0 bridgehead atoms. The highest BCUT2D eigenvalue weighted by molar-refractivity contribution is 7.80. The molecule has 0 aliphatic rings. The highest BCUT2D eigenvalue weighted by Crippen LogP contribution is 2.21. The normalized spacial score (nSPS) is 12.2. The Labute approximate surface area is 122 Å². The first kappa shape index (κ1) is 16.9. The summed E-state index contributed by atoms with van der Waals surface area (Å²) in [6.07, 6.45) is -4.20. The Kier molecular flexibility index (Phi) is 5.53. The van der Waals surface area contributed by atoms with E-state index >= 15 is 0 Å². The summed E-state index contributed by atoms with van der Waals surface area (Å²) in [7, 11) is 0. The van der Waals surface area contributed by atoms with Crippen LogP contribution in [0, 0.1) is 6.92 Å². The molecule has 1 rings (SSSR count). The highest BCUT2D eigenvalue weighted by atomic mass is 32.1. The Bertz CT molecular complexity index is 484. The first-order chi connectivity index (χ1) is 9.10. The van der Waals surface area contributed by atoms with E-state index < -0.39 is 12.7 Å². The molecule has 0 atom stereocenters. The van der Waals surface area contributed by atoms with Crippen LogP contribution in [0.3, 0.4) is 0 Å². The van der Waals surface area contributed by atoms with Gasteiger partial charge in [0.15, 0.2) is 0 Å². The van der Waals surface area contributed by atoms with Crippen LogP contribution >= 0.6 is 12.2 Å². The second-order valence-corrected chi connectivity index (χ2v) is 5.56. The number of hydrogen-bond donors (Lipinski definition) is 1. The van der Waals surface area contributed by atoms with Gasteiger partial charge in [-0.2, -0.15) is 13.2 Å². The van der Waals surface area contributed by atoms with Crippen LogP contribution in [0.15, 0.2) is 18.2 Å². The predicted molar refractivity (Wildman–Crippen MR) is 78.7 cm³/mol. The third-order valence-corrected chi connectivity index (χ3v) is 3.35. The van der Waals surface area contributed by atoms with E-state index in [-0.39, 0.29) is 17.6 Å². The molecule has 0 aliphatic heterocycles. The fraction of sp³-hybridized carbons (Fsp3) is 0.500. The molecule has 1 aromatic carbocycles. The Morgan fingerprint density at radius 2 is 1.95 bits per heavy atom. The van der Waals surface area contributed by atoms with Crippen LogP contribution in [0.25, 0.3) is 0 Å². The van der Waals surface area contributed by atoms with E-state index in [1.807, 2.05) is 13.0 Å². The van der Waals surface area contributed by atoms with E-state index in [4.69, 9.17) is 18.0 Å².